The third kappa shape index (κ3) is 5.25. The van der Waals surface area contributed by atoms with Crippen LogP contribution in [0.1, 0.15) is 25.3 Å². The van der Waals surface area contributed by atoms with Gasteiger partial charge in [-0.25, -0.2) is 4.79 Å². The van der Waals surface area contributed by atoms with E-state index in [1.54, 1.807) is 4.90 Å². The summed E-state index contributed by atoms with van der Waals surface area (Å²) in [5, 5.41) is 7.80. The number of likely N-dealkylation sites (tertiary alicyclic amines) is 1. The zero-order valence-electron chi connectivity index (χ0n) is 13.4. The molecule has 1 aromatic rings. The largest absolute Gasteiger partial charge is 0.450 e. The fraction of sp³-hybridized carbons (Fsp3) is 0.500. The highest BCUT2D eigenvalue weighted by atomic mass is 35.5. The van der Waals surface area contributed by atoms with Crippen LogP contribution in [0.2, 0.25) is 5.02 Å². The van der Waals surface area contributed by atoms with Crippen molar-refractivity contribution in [2.24, 2.45) is 0 Å². The van der Waals surface area contributed by atoms with Gasteiger partial charge < -0.3 is 20.3 Å². The topological polar surface area (TPSA) is 53.6 Å². The van der Waals surface area contributed by atoms with E-state index in [1.807, 2.05) is 32.0 Å². The molecule has 0 spiro atoms. The average Bonchev–Trinajstić information content (AvgIpc) is 2.51. The molecule has 7 heteroatoms. The first-order chi connectivity index (χ1) is 11.0. The number of benzene rings is 1. The molecule has 1 aliphatic heterocycles. The van der Waals surface area contributed by atoms with Crippen LogP contribution >= 0.6 is 23.8 Å². The van der Waals surface area contributed by atoms with Crippen molar-refractivity contribution in [1.82, 2.24) is 10.2 Å². The van der Waals surface area contributed by atoms with E-state index in [-0.39, 0.29) is 12.1 Å². The van der Waals surface area contributed by atoms with Crippen molar-refractivity contribution >= 4 is 40.7 Å². The van der Waals surface area contributed by atoms with Gasteiger partial charge in [-0.05, 0) is 62.7 Å². The Balaban J connectivity index is 1.79. The summed E-state index contributed by atoms with van der Waals surface area (Å²) >= 11 is 11.3. The van der Waals surface area contributed by atoms with Gasteiger partial charge in [-0.1, -0.05) is 11.6 Å². The molecular formula is C16H22ClN3O2S. The first-order valence-electron chi connectivity index (χ1n) is 7.75. The number of nitrogens with zero attached hydrogens (tertiary/aromatic N) is 1. The number of carbonyl (C=O) groups is 1. The minimum atomic E-state index is -0.233. The van der Waals surface area contributed by atoms with Crippen molar-refractivity contribution in [3.8, 4) is 0 Å². The number of nitrogens with one attached hydrogen (secondary N) is 2. The number of halogens is 1. The Labute approximate surface area is 147 Å². The van der Waals surface area contributed by atoms with Gasteiger partial charge in [-0.3, -0.25) is 0 Å². The standard InChI is InChI=1S/C16H22ClN3O2S/c1-3-22-16(21)20-8-6-13(7-9-20)18-15(23)19-14-5-4-12(17)10-11(14)2/h4-5,10,13H,3,6-9H2,1-2H3,(H2,18,19,23). The Kier molecular flexibility index (Phi) is 6.47. The van der Waals surface area contributed by atoms with E-state index >= 15 is 0 Å². The smallest absolute Gasteiger partial charge is 0.409 e. The molecule has 0 bridgehead atoms. The predicted molar refractivity (Wildman–Crippen MR) is 97.2 cm³/mol. The van der Waals surface area contributed by atoms with E-state index < -0.39 is 0 Å². The third-order valence-corrected chi connectivity index (χ3v) is 4.25. The van der Waals surface area contributed by atoms with Crippen LogP contribution in [0.25, 0.3) is 0 Å². The van der Waals surface area contributed by atoms with Gasteiger partial charge in [0.1, 0.15) is 0 Å². The molecule has 1 fully saturated rings. The molecule has 0 aromatic heterocycles. The van der Waals surface area contributed by atoms with Crippen LogP contribution in [0.3, 0.4) is 0 Å². The van der Waals surface area contributed by atoms with Crippen molar-refractivity contribution < 1.29 is 9.53 Å². The fourth-order valence-corrected chi connectivity index (χ4v) is 3.04. The van der Waals surface area contributed by atoms with E-state index in [0.717, 1.165) is 24.1 Å². The number of thiocarbonyl (C=S) groups is 1. The van der Waals surface area contributed by atoms with Gasteiger partial charge in [0.05, 0.1) is 6.61 Å². The Hall–Kier alpha value is -1.53. The lowest BCUT2D eigenvalue weighted by Crippen LogP contribution is -2.47. The summed E-state index contributed by atoms with van der Waals surface area (Å²) in [6.07, 6.45) is 1.46. The van der Waals surface area contributed by atoms with E-state index in [9.17, 15) is 4.79 Å². The molecule has 23 heavy (non-hydrogen) atoms. The minimum Gasteiger partial charge on any atom is -0.450 e. The van der Waals surface area contributed by atoms with E-state index in [1.165, 1.54) is 0 Å². The average molecular weight is 356 g/mol. The van der Waals surface area contributed by atoms with Gasteiger partial charge in [0.15, 0.2) is 5.11 Å². The van der Waals surface area contributed by atoms with E-state index in [2.05, 4.69) is 10.6 Å². The van der Waals surface area contributed by atoms with Gasteiger partial charge in [-0.15, -0.1) is 0 Å². The number of aryl methyl sites for hydroxylation is 1. The van der Waals surface area contributed by atoms with Gasteiger partial charge in [0, 0.05) is 29.8 Å². The second kappa shape index (κ2) is 8.36. The first kappa shape index (κ1) is 17.8. The Morgan fingerprint density at radius 3 is 2.74 bits per heavy atom. The molecule has 0 unspecified atom stereocenters. The van der Waals surface area contributed by atoms with Crippen LogP contribution in [0.5, 0.6) is 0 Å². The molecule has 1 saturated heterocycles. The van der Waals surface area contributed by atoms with Crippen molar-refractivity contribution in [2.75, 3.05) is 25.0 Å². The molecule has 2 N–H and O–H groups in total. The molecule has 0 atom stereocenters. The highest BCUT2D eigenvalue weighted by Gasteiger charge is 2.23. The summed E-state index contributed by atoms with van der Waals surface area (Å²) in [5.41, 5.74) is 1.98. The van der Waals surface area contributed by atoms with Crippen molar-refractivity contribution in [2.45, 2.75) is 32.7 Å². The lowest BCUT2D eigenvalue weighted by atomic mass is 10.1. The molecule has 126 valence electrons. The maximum atomic E-state index is 11.7. The monoisotopic (exact) mass is 355 g/mol. The van der Waals surface area contributed by atoms with Crippen LogP contribution in [0, 0.1) is 6.92 Å². The number of rotatable bonds is 3. The van der Waals surface area contributed by atoms with E-state index in [0.29, 0.717) is 29.8 Å². The SMILES string of the molecule is CCOC(=O)N1CCC(NC(=S)Nc2ccc(Cl)cc2C)CC1. The van der Waals surface area contributed by atoms with Gasteiger partial charge >= 0.3 is 6.09 Å². The molecule has 1 aliphatic rings. The Morgan fingerprint density at radius 1 is 1.43 bits per heavy atom. The quantitative estimate of drug-likeness (QED) is 0.812. The highest BCUT2D eigenvalue weighted by molar-refractivity contribution is 7.80. The predicted octanol–water partition coefficient (Wildman–Crippen LogP) is 3.56. The molecule has 5 nitrogen and oxygen atoms in total. The first-order valence-corrected chi connectivity index (χ1v) is 8.53. The normalized spacial score (nSPS) is 15.2. The number of amides is 1. The molecule has 1 aromatic carbocycles. The van der Waals surface area contributed by atoms with Crippen molar-refractivity contribution in [1.29, 1.82) is 0 Å². The van der Waals surface area contributed by atoms with Crippen LogP contribution in [-0.4, -0.2) is 41.8 Å². The summed E-state index contributed by atoms with van der Waals surface area (Å²) < 4.78 is 5.02. The van der Waals surface area contributed by atoms with Crippen molar-refractivity contribution in [3.05, 3.63) is 28.8 Å². The second-order valence-electron chi connectivity index (χ2n) is 5.52. The third-order valence-electron chi connectivity index (χ3n) is 3.79. The summed E-state index contributed by atoms with van der Waals surface area (Å²) in [4.78, 5) is 13.4. The minimum absolute atomic E-state index is 0.233. The zero-order chi connectivity index (χ0) is 16.8. The molecule has 2 rings (SSSR count). The molecule has 1 amide bonds. The number of hydrogen-bond donors (Lipinski definition) is 2. The number of piperidine rings is 1. The maximum Gasteiger partial charge on any atom is 0.409 e. The summed E-state index contributed by atoms with van der Waals surface area (Å²) in [6, 6.07) is 5.89. The van der Waals surface area contributed by atoms with Gasteiger partial charge in [0.25, 0.3) is 0 Å². The number of hydrogen-bond acceptors (Lipinski definition) is 3. The van der Waals surface area contributed by atoms with Crippen molar-refractivity contribution in [3.63, 3.8) is 0 Å². The van der Waals surface area contributed by atoms with Crippen LogP contribution in [0.4, 0.5) is 10.5 Å². The lowest BCUT2D eigenvalue weighted by Gasteiger charge is -2.32. The highest BCUT2D eigenvalue weighted by Crippen LogP contribution is 2.19. The zero-order valence-corrected chi connectivity index (χ0v) is 15.0. The molecule has 0 saturated carbocycles. The summed E-state index contributed by atoms with van der Waals surface area (Å²) in [5.74, 6) is 0. The van der Waals surface area contributed by atoms with Crippen LogP contribution in [0.15, 0.2) is 18.2 Å². The maximum absolute atomic E-state index is 11.7. The molecule has 0 aliphatic carbocycles. The molecular weight excluding hydrogens is 334 g/mol. The number of anilines is 1. The molecule has 1 heterocycles. The summed E-state index contributed by atoms with van der Waals surface area (Å²) in [7, 11) is 0. The summed E-state index contributed by atoms with van der Waals surface area (Å²) in [6.45, 7) is 5.56. The number of ether oxygens (including phenoxy) is 1. The fourth-order valence-electron chi connectivity index (χ4n) is 2.53. The van der Waals surface area contributed by atoms with Gasteiger partial charge in [-0.2, -0.15) is 0 Å². The lowest BCUT2D eigenvalue weighted by molar-refractivity contribution is 0.0964. The number of carbonyl (C=O) groups excluding carboxylic acids is 1. The van der Waals surface area contributed by atoms with Crippen LogP contribution in [-0.2, 0) is 4.74 Å². The Morgan fingerprint density at radius 2 is 2.13 bits per heavy atom. The molecule has 0 radical (unpaired) electrons. The second-order valence-corrected chi connectivity index (χ2v) is 6.36. The Bertz CT molecular complexity index is 574. The van der Waals surface area contributed by atoms with E-state index in [4.69, 9.17) is 28.6 Å². The van der Waals surface area contributed by atoms with Gasteiger partial charge in [0.2, 0.25) is 0 Å². The van der Waals surface area contributed by atoms with Crippen LogP contribution < -0.4 is 10.6 Å².